The summed E-state index contributed by atoms with van der Waals surface area (Å²) in [5.74, 6) is -71.4. The molecule has 2 nitrogen and oxygen atoms in total. The molecule has 0 aliphatic heterocycles. The van der Waals surface area contributed by atoms with Crippen LogP contribution in [0.3, 0.4) is 0 Å². The summed E-state index contributed by atoms with van der Waals surface area (Å²) in [6.07, 6.45) is -7.22. The van der Waals surface area contributed by atoms with Crippen molar-refractivity contribution in [1.29, 1.82) is 0 Å². The van der Waals surface area contributed by atoms with Crippen LogP contribution in [0.25, 0.3) is 11.0 Å². The topological polar surface area (TPSA) is 30.2 Å². The zero-order valence-electron chi connectivity index (χ0n) is 33.0. The fraction of sp³-hybridized carbons (Fsp3) is 0. The van der Waals surface area contributed by atoms with E-state index in [-0.39, 0.29) is 16.5 Å². The summed E-state index contributed by atoms with van der Waals surface area (Å²) in [6, 6.07) is 30.2. The predicted octanol–water partition coefficient (Wildman–Crippen LogP) is 10.7. The molecule has 8 aromatic rings. The average Bonchev–Trinajstić information content (AvgIpc) is 3.34. The maximum Gasteiger partial charge on any atom is 0.336 e. The Balaban J connectivity index is 0.000000244. The van der Waals surface area contributed by atoms with Crippen molar-refractivity contribution >= 4 is 49.9 Å². The van der Waals surface area contributed by atoms with Crippen LogP contribution in [0.1, 0.15) is 0 Å². The van der Waals surface area contributed by atoms with Crippen molar-refractivity contribution in [3.05, 3.63) is 218 Å². The third-order valence-electron chi connectivity index (χ3n) is 10.5. The largest absolute Gasteiger partial charge is 0.423 e. The molecule has 0 fully saturated rings. The van der Waals surface area contributed by atoms with Crippen LogP contribution in [0.5, 0.6) is 0 Å². The Labute approximate surface area is 373 Å². The van der Waals surface area contributed by atoms with E-state index in [4.69, 9.17) is 4.42 Å². The van der Waals surface area contributed by atoms with Crippen molar-refractivity contribution in [1.82, 2.24) is 0 Å². The van der Waals surface area contributed by atoms with Gasteiger partial charge in [0, 0.05) is 17.5 Å². The second-order valence-corrected chi connectivity index (χ2v) is 16.2. The highest BCUT2D eigenvalue weighted by Gasteiger charge is 2.52. The zero-order valence-corrected chi connectivity index (χ0v) is 33.8. The van der Waals surface area contributed by atoms with E-state index < -0.39 is 144 Å². The van der Waals surface area contributed by atoms with Crippen LogP contribution in [0.15, 0.2) is 115 Å². The van der Waals surface area contributed by atoms with Crippen molar-refractivity contribution in [2.45, 2.75) is 14.7 Å². The Morgan fingerprint density at radius 3 is 0.855 bits per heavy atom. The Morgan fingerprint density at radius 2 is 0.565 bits per heavy atom. The van der Waals surface area contributed by atoms with Crippen LogP contribution in [0.2, 0.25) is 0 Å². The van der Waals surface area contributed by atoms with Gasteiger partial charge in [0.25, 0.3) is 0 Å². The van der Waals surface area contributed by atoms with Crippen LogP contribution in [-0.2, 0) is 10.9 Å². The van der Waals surface area contributed by atoms with Crippen LogP contribution < -0.4 is 27.5 Å². The number of hydrogen-bond acceptors (Lipinski definition) is 2. The van der Waals surface area contributed by atoms with Gasteiger partial charge in [0.05, 0.1) is 10.9 Å². The molecule has 0 spiro atoms. The molecular weight excluding hydrogens is 995 g/mol. The van der Waals surface area contributed by atoms with Gasteiger partial charge < -0.3 is 4.42 Å². The molecular formula is C45H15BF20O2S. The van der Waals surface area contributed by atoms with Crippen LogP contribution in [0, 0.1) is 116 Å². The molecule has 0 saturated heterocycles. The minimum absolute atomic E-state index is 0.239. The molecule has 0 aliphatic carbocycles. The van der Waals surface area contributed by atoms with E-state index in [1.165, 1.54) is 15.9 Å². The van der Waals surface area contributed by atoms with Gasteiger partial charge in [-0.05, 0) is 42.5 Å². The number of hydrogen-bond donors (Lipinski definition) is 0. The van der Waals surface area contributed by atoms with Gasteiger partial charge in [0.1, 0.15) is 58.3 Å². The lowest BCUT2D eigenvalue weighted by Crippen LogP contribution is -2.81. The lowest BCUT2D eigenvalue weighted by Gasteiger charge is -2.44. The van der Waals surface area contributed by atoms with Gasteiger partial charge >= 0.3 is 5.63 Å². The van der Waals surface area contributed by atoms with Gasteiger partial charge in [0.15, 0.2) is 84.5 Å². The molecule has 24 heteroatoms. The normalized spacial score (nSPS) is 11.7. The molecule has 7 aromatic carbocycles. The van der Waals surface area contributed by atoms with Gasteiger partial charge in [-0.2, -0.15) is 0 Å². The zero-order chi connectivity index (χ0) is 50.7. The summed E-state index contributed by atoms with van der Waals surface area (Å²) >= 11 is 0. The van der Waals surface area contributed by atoms with E-state index >= 15 is 35.1 Å². The monoisotopic (exact) mass is 1010 g/mol. The number of benzene rings is 7. The summed E-state index contributed by atoms with van der Waals surface area (Å²) in [6.45, 7) is 0. The van der Waals surface area contributed by atoms with Gasteiger partial charge in [0.2, 0.25) is 0 Å². The quantitative estimate of drug-likeness (QED) is 0.0398. The molecule has 0 amide bonds. The highest BCUT2D eigenvalue weighted by atomic mass is 32.2. The number of fused-ring (bicyclic) bond motifs is 1. The molecule has 0 atom stereocenters. The molecule has 0 unspecified atom stereocenters. The van der Waals surface area contributed by atoms with Crippen LogP contribution in [-0.4, -0.2) is 6.15 Å². The SMILES string of the molecule is Fc1c(F)c(F)c([B-](c2c(F)c(F)c(F)c(F)c2F)(c2c(F)c(F)c(F)c(F)c2F)c2c(F)c(F)c(F)c(F)c2F)c(F)c1F.O=c1ccc2ccc([S+](c3ccccc3)c3ccccc3)cc2o1. The lowest BCUT2D eigenvalue weighted by molar-refractivity contribution is 0.378. The fourth-order valence-electron chi connectivity index (χ4n) is 7.56. The highest BCUT2D eigenvalue weighted by Crippen LogP contribution is 2.34. The summed E-state index contributed by atoms with van der Waals surface area (Å²) in [7, 11) is -0.239. The average molecular weight is 1010 g/mol. The first-order valence-corrected chi connectivity index (χ1v) is 19.9. The Morgan fingerprint density at radius 1 is 0.304 bits per heavy atom. The second kappa shape index (κ2) is 18.7. The molecule has 1 heterocycles. The van der Waals surface area contributed by atoms with Crippen molar-refractivity contribution in [2.24, 2.45) is 0 Å². The smallest absolute Gasteiger partial charge is 0.336 e. The van der Waals surface area contributed by atoms with E-state index in [1.807, 2.05) is 24.3 Å². The van der Waals surface area contributed by atoms with Gasteiger partial charge in [-0.3, -0.25) is 0 Å². The summed E-state index contributed by atoms with van der Waals surface area (Å²) < 4.78 is 299. The molecule has 69 heavy (non-hydrogen) atoms. The molecule has 0 N–H and O–H groups in total. The minimum Gasteiger partial charge on any atom is -0.423 e. The van der Waals surface area contributed by atoms with Gasteiger partial charge in [-0.15, -0.1) is 21.9 Å². The highest BCUT2D eigenvalue weighted by molar-refractivity contribution is 7.97. The molecule has 0 bridgehead atoms. The molecule has 1 aromatic heterocycles. The van der Waals surface area contributed by atoms with E-state index in [9.17, 15) is 57.5 Å². The van der Waals surface area contributed by atoms with E-state index in [2.05, 4.69) is 54.6 Å². The minimum atomic E-state index is -7.22. The third kappa shape index (κ3) is 7.92. The third-order valence-corrected chi connectivity index (χ3v) is 12.7. The first-order valence-electron chi connectivity index (χ1n) is 18.6. The summed E-state index contributed by atoms with van der Waals surface area (Å²) in [4.78, 5) is 15.1. The Bertz CT molecular complexity index is 3010. The lowest BCUT2D eigenvalue weighted by atomic mass is 9.12. The first-order chi connectivity index (χ1) is 32.5. The molecule has 0 saturated carbocycles. The maximum absolute atomic E-state index is 15.4. The fourth-order valence-corrected chi connectivity index (χ4v) is 9.67. The van der Waals surface area contributed by atoms with Crippen LogP contribution in [0.4, 0.5) is 87.8 Å². The van der Waals surface area contributed by atoms with Crippen molar-refractivity contribution in [3.63, 3.8) is 0 Å². The van der Waals surface area contributed by atoms with Crippen molar-refractivity contribution in [2.75, 3.05) is 0 Å². The molecule has 0 radical (unpaired) electrons. The van der Waals surface area contributed by atoms with Crippen molar-refractivity contribution in [3.8, 4) is 0 Å². The van der Waals surface area contributed by atoms with Crippen LogP contribution >= 0.6 is 0 Å². The Kier molecular flexibility index (Phi) is 13.5. The molecule has 0 aliphatic rings. The van der Waals surface area contributed by atoms with E-state index in [1.54, 1.807) is 6.07 Å². The van der Waals surface area contributed by atoms with Gasteiger partial charge in [-0.25, -0.2) is 92.6 Å². The number of halogens is 20. The first kappa shape index (κ1) is 49.7. The van der Waals surface area contributed by atoms with Crippen molar-refractivity contribution < 1.29 is 92.2 Å². The number of rotatable bonds is 7. The second-order valence-electron chi connectivity index (χ2n) is 14.2. The van der Waals surface area contributed by atoms with E-state index in [0.717, 1.165) is 10.3 Å². The predicted molar refractivity (Wildman–Crippen MR) is 207 cm³/mol. The molecule has 356 valence electrons. The van der Waals surface area contributed by atoms with E-state index in [0.29, 0.717) is 5.58 Å². The maximum atomic E-state index is 15.4. The summed E-state index contributed by atoms with van der Waals surface area (Å²) in [5.41, 5.74) is -14.0. The standard InChI is InChI=1S/C24BF20.C21H15O2S/c26-5-1(6(27)14(35)21(42)13(5)34)25(2-7(28)15(36)22(43)16(37)8(2)29,3-9(30)17(38)23(44)18(39)10(3)31)4-11(32)19(40)24(45)20(41)12(4)33;22-21-14-12-16-11-13-19(15-20(16)23-21)24(17-7-3-1-4-8-17)18-9-5-2-6-10-18/h;1-15H/q-1;+1. The van der Waals surface area contributed by atoms with Gasteiger partial charge in [-0.1, -0.05) is 36.4 Å². The summed E-state index contributed by atoms with van der Waals surface area (Å²) in [5, 5.41) is 0.933. The Hall–Kier alpha value is -7.24. The molecule has 8 rings (SSSR count).